The largest absolute Gasteiger partial charge is 0.430 e. The first-order valence-corrected chi connectivity index (χ1v) is 12.8. The van der Waals surface area contributed by atoms with Crippen molar-refractivity contribution in [1.82, 2.24) is 0 Å². The summed E-state index contributed by atoms with van der Waals surface area (Å²) >= 11 is 0. The zero-order valence-electron chi connectivity index (χ0n) is 19.9. The Labute approximate surface area is 214 Å². The van der Waals surface area contributed by atoms with Crippen LogP contribution < -0.4 is 4.31 Å². The second-order valence-corrected chi connectivity index (χ2v) is 10.7. The van der Waals surface area contributed by atoms with Gasteiger partial charge in [0.05, 0.1) is 16.6 Å². The average Bonchev–Trinajstić information content (AvgIpc) is 2.82. The Morgan fingerprint density at radius 2 is 1.66 bits per heavy atom. The van der Waals surface area contributed by atoms with Gasteiger partial charge < -0.3 is 9.84 Å². The number of nitrogens with zero attached hydrogens (tertiary/aromatic N) is 1. The summed E-state index contributed by atoms with van der Waals surface area (Å²) in [7, 11) is -3.10. The predicted molar refractivity (Wildman–Crippen MR) is 121 cm³/mol. The summed E-state index contributed by atoms with van der Waals surface area (Å²) in [6, 6.07) is 4.22. The molecule has 0 aliphatic carbocycles. The van der Waals surface area contributed by atoms with Crippen LogP contribution in [0, 0.1) is 5.82 Å². The van der Waals surface area contributed by atoms with Crippen LogP contribution in [-0.4, -0.2) is 51.4 Å². The molecule has 0 spiro atoms. The molecule has 38 heavy (non-hydrogen) atoms. The van der Waals surface area contributed by atoms with Gasteiger partial charge in [-0.3, -0.25) is 9.10 Å². The molecule has 0 amide bonds. The monoisotopic (exact) mass is 571 g/mol. The number of hydrogen-bond acceptors (Lipinski definition) is 5. The first-order valence-electron chi connectivity index (χ1n) is 11.3. The molecular formula is C24H24F7NO5S. The number of rotatable bonds is 9. The number of hydrogen-bond donors (Lipinski definition) is 1. The molecule has 0 aromatic heterocycles. The predicted octanol–water partition coefficient (Wildman–Crippen LogP) is 5.03. The molecule has 1 heterocycles. The molecule has 14 heteroatoms. The maximum atomic E-state index is 13.6. The number of halogens is 7. The molecule has 6 nitrogen and oxygen atoms in total. The highest BCUT2D eigenvalue weighted by atomic mass is 32.2. The molecule has 1 aliphatic heterocycles. The minimum absolute atomic E-state index is 0.0603. The van der Waals surface area contributed by atoms with Crippen molar-refractivity contribution >= 4 is 21.5 Å². The Morgan fingerprint density at radius 1 is 1.05 bits per heavy atom. The van der Waals surface area contributed by atoms with Crippen LogP contribution in [0.3, 0.4) is 0 Å². The van der Waals surface area contributed by atoms with Gasteiger partial charge in [-0.15, -0.1) is 0 Å². The van der Waals surface area contributed by atoms with Crippen molar-refractivity contribution in [3.8, 4) is 0 Å². The van der Waals surface area contributed by atoms with Gasteiger partial charge in [-0.25, -0.2) is 12.8 Å². The van der Waals surface area contributed by atoms with Gasteiger partial charge in [0.1, 0.15) is 11.6 Å². The molecule has 1 atom stereocenters. The molecule has 0 radical (unpaired) electrons. The molecule has 210 valence electrons. The number of benzene rings is 2. The SMILES string of the molecule is COCCCC(=O)C[C@@H]1CCc2cc(C(O)(C(F)(F)F)C(F)(F)F)ccc2N1S(=O)(=O)c1ccc(F)cc1. The summed E-state index contributed by atoms with van der Waals surface area (Å²) in [4.78, 5) is 12.2. The van der Waals surface area contributed by atoms with Crippen molar-refractivity contribution in [2.75, 3.05) is 18.0 Å². The molecule has 0 saturated carbocycles. The highest BCUT2D eigenvalue weighted by Gasteiger charge is 2.71. The van der Waals surface area contributed by atoms with Gasteiger partial charge in [-0.05, 0) is 55.2 Å². The van der Waals surface area contributed by atoms with Crippen molar-refractivity contribution in [3.05, 3.63) is 59.4 Å². The van der Waals surface area contributed by atoms with Gasteiger partial charge in [-0.1, -0.05) is 12.1 Å². The van der Waals surface area contributed by atoms with Crippen LogP contribution in [-0.2, 0) is 31.6 Å². The van der Waals surface area contributed by atoms with Crippen LogP contribution >= 0.6 is 0 Å². The maximum absolute atomic E-state index is 13.6. The summed E-state index contributed by atoms with van der Waals surface area (Å²) in [6.45, 7) is 0.279. The molecule has 1 aliphatic rings. The summed E-state index contributed by atoms with van der Waals surface area (Å²) in [6.07, 6.45) is -12.4. The Kier molecular flexibility index (Phi) is 8.49. The number of aliphatic hydroxyl groups is 1. The first-order chi connectivity index (χ1) is 17.5. The van der Waals surface area contributed by atoms with E-state index in [4.69, 9.17) is 4.74 Å². The molecular weight excluding hydrogens is 547 g/mol. The van der Waals surface area contributed by atoms with Crippen LogP contribution in [0.2, 0.25) is 0 Å². The minimum Gasteiger partial charge on any atom is -0.385 e. The first kappa shape index (κ1) is 29.8. The summed E-state index contributed by atoms with van der Waals surface area (Å²) in [5, 5.41) is 9.79. The Bertz CT molecular complexity index is 1250. The number of carbonyl (C=O) groups is 1. The third-order valence-corrected chi connectivity index (χ3v) is 8.15. The van der Waals surface area contributed by atoms with Crippen LogP contribution in [0.4, 0.5) is 36.4 Å². The molecule has 2 aromatic carbocycles. The van der Waals surface area contributed by atoms with Crippen LogP contribution in [0.1, 0.15) is 36.8 Å². The fraction of sp³-hybridized carbons (Fsp3) is 0.458. The quantitative estimate of drug-likeness (QED) is 0.337. The van der Waals surface area contributed by atoms with Gasteiger partial charge >= 0.3 is 12.4 Å². The highest BCUT2D eigenvalue weighted by Crippen LogP contribution is 2.51. The smallest absolute Gasteiger partial charge is 0.385 e. The molecule has 0 unspecified atom stereocenters. The van der Waals surface area contributed by atoms with Crippen LogP contribution in [0.25, 0.3) is 0 Å². The number of methoxy groups -OCH3 is 1. The molecule has 1 N–H and O–H groups in total. The van der Waals surface area contributed by atoms with Crippen molar-refractivity contribution in [2.45, 2.75) is 61.0 Å². The maximum Gasteiger partial charge on any atom is 0.430 e. The molecule has 0 saturated heterocycles. The topological polar surface area (TPSA) is 83.9 Å². The molecule has 3 rings (SSSR count). The number of fused-ring (bicyclic) bond motifs is 1. The molecule has 2 aromatic rings. The van der Waals surface area contributed by atoms with E-state index in [1.165, 1.54) is 7.11 Å². The summed E-state index contributed by atoms with van der Waals surface area (Å²) in [5.74, 6) is -1.06. The number of Topliss-reactive ketones (excluding diaryl/α,β-unsaturated/α-hetero) is 1. The summed E-state index contributed by atoms with van der Waals surface area (Å²) in [5.41, 5.74) is -7.16. The second kappa shape index (κ2) is 10.8. The molecule has 0 bridgehead atoms. The lowest BCUT2D eigenvalue weighted by Gasteiger charge is -2.39. The van der Waals surface area contributed by atoms with E-state index in [2.05, 4.69) is 0 Å². The third kappa shape index (κ3) is 5.66. The normalized spacial score (nSPS) is 16.9. The number of carbonyl (C=O) groups excluding carboxylic acids is 1. The fourth-order valence-corrected chi connectivity index (χ4v) is 6.08. The zero-order chi connectivity index (χ0) is 28.5. The van der Waals surface area contributed by atoms with E-state index in [1.807, 2.05) is 0 Å². The van der Waals surface area contributed by atoms with E-state index in [0.29, 0.717) is 18.6 Å². The van der Waals surface area contributed by atoms with E-state index in [-0.39, 0.29) is 49.3 Å². The standard InChI is InChI=1S/C24H24F7NO5S/c1-37-12-2-3-19(33)14-18-8-4-15-13-16(22(34,23(26,27)28)24(29,30)31)5-11-21(15)32(18)38(35,36)20-9-6-17(25)7-10-20/h5-7,9-11,13,18,34H,2-4,8,12,14H2,1H3/t18-/m0/s1. The van der Waals surface area contributed by atoms with Crippen LogP contribution in [0.5, 0.6) is 0 Å². The Hall–Kier alpha value is -2.71. The van der Waals surface area contributed by atoms with Crippen molar-refractivity contribution in [1.29, 1.82) is 0 Å². The van der Waals surface area contributed by atoms with Gasteiger partial charge in [0, 0.05) is 32.1 Å². The lowest BCUT2D eigenvalue weighted by atomic mass is 9.87. The van der Waals surface area contributed by atoms with Gasteiger partial charge in [0.15, 0.2) is 0 Å². The highest BCUT2D eigenvalue weighted by molar-refractivity contribution is 7.92. The average molecular weight is 572 g/mol. The number of alkyl halides is 6. The number of sulfonamides is 1. The van der Waals surface area contributed by atoms with Crippen molar-refractivity contribution in [2.24, 2.45) is 0 Å². The van der Waals surface area contributed by atoms with E-state index < -0.39 is 50.3 Å². The van der Waals surface area contributed by atoms with E-state index in [0.717, 1.165) is 34.6 Å². The van der Waals surface area contributed by atoms with Gasteiger partial charge in [-0.2, -0.15) is 26.3 Å². The zero-order valence-corrected chi connectivity index (χ0v) is 20.8. The Balaban J connectivity index is 2.12. The number of ether oxygens (including phenoxy) is 1. The summed E-state index contributed by atoms with van der Waals surface area (Å²) < 4.78 is 127. The van der Waals surface area contributed by atoms with Gasteiger partial charge in [0.25, 0.3) is 15.6 Å². The van der Waals surface area contributed by atoms with E-state index >= 15 is 0 Å². The lowest BCUT2D eigenvalue weighted by molar-refractivity contribution is -0.376. The number of aryl methyl sites for hydroxylation is 1. The van der Waals surface area contributed by atoms with Crippen LogP contribution in [0.15, 0.2) is 47.4 Å². The van der Waals surface area contributed by atoms with E-state index in [1.54, 1.807) is 0 Å². The van der Waals surface area contributed by atoms with Gasteiger partial charge in [0.2, 0.25) is 0 Å². The van der Waals surface area contributed by atoms with Crippen molar-refractivity contribution < 1.29 is 53.8 Å². The Morgan fingerprint density at radius 3 is 2.21 bits per heavy atom. The lowest BCUT2D eigenvalue weighted by Crippen LogP contribution is -2.54. The van der Waals surface area contributed by atoms with E-state index in [9.17, 15) is 49.1 Å². The third-order valence-electron chi connectivity index (χ3n) is 6.27. The fourth-order valence-electron chi connectivity index (χ4n) is 4.36. The van der Waals surface area contributed by atoms with Crippen molar-refractivity contribution in [3.63, 3.8) is 0 Å². The second-order valence-electron chi connectivity index (χ2n) is 8.84. The number of ketones is 1. The molecule has 0 fully saturated rings. The minimum atomic E-state index is -6.12. The number of anilines is 1.